The van der Waals surface area contributed by atoms with Crippen molar-refractivity contribution >= 4 is 28.3 Å². The number of amides is 2. The third kappa shape index (κ3) is 3.78. The highest BCUT2D eigenvalue weighted by Gasteiger charge is 2.27. The van der Waals surface area contributed by atoms with Crippen LogP contribution in [0.3, 0.4) is 0 Å². The summed E-state index contributed by atoms with van der Waals surface area (Å²) in [6, 6.07) is 7.69. The number of pyridine rings is 1. The Kier molecular flexibility index (Phi) is 4.95. The molecule has 0 atom stereocenters. The number of fused-ring (bicyclic) bond motifs is 1. The molecular weight excluding hydrogens is 340 g/mol. The fourth-order valence-corrected chi connectivity index (χ4v) is 3.98. The lowest BCUT2D eigenvalue weighted by molar-refractivity contribution is -0.116. The van der Waals surface area contributed by atoms with Crippen molar-refractivity contribution in [3.8, 4) is 6.07 Å². The largest absolute Gasteiger partial charge is 0.465 e. The third-order valence-electron chi connectivity index (χ3n) is 4.03. The summed E-state index contributed by atoms with van der Waals surface area (Å²) in [5, 5.41) is 21.8. The minimum absolute atomic E-state index is 0.184. The van der Waals surface area contributed by atoms with Crippen molar-refractivity contribution < 1.29 is 14.7 Å². The first-order chi connectivity index (χ1) is 12.1. The number of nitrogens with zero attached hydrogens (tertiary/aromatic N) is 3. The van der Waals surface area contributed by atoms with Gasteiger partial charge in [-0.1, -0.05) is 6.07 Å². The maximum atomic E-state index is 12.2. The van der Waals surface area contributed by atoms with Crippen LogP contribution in [0.15, 0.2) is 24.4 Å². The molecule has 0 fully saturated rings. The molecule has 0 aliphatic carbocycles. The van der Waals surface area contributed by atoms with Gasteiger partial charge < -0.3 is 15.3 Å². The van der Waals surface area contributed by atoms with Gasteiger partial charge in [-0.3, -0.25) is 9.78 Å². The average molecular weight is 356 g/mol. The molecule has 2 aromatic heterocycles. The zero-order valence-corrected chi connectivity index (χ0v) is 14.2. The monoisotopic (exact) mass is 356 g/mol. The summed E-state index contributed by atoms with van der Waals surface area (Å²) in [5.74, 6) is -0.184. The van der Waals surface area contributed by atoms with Crippen molar-refractivity contribution in [3.63, 3.8) is 0 Å². The van der Waals surface area contributed by atoms with Crippen LogP contribution < -0.4 is 5.32 Å². The molecule has 0 aromatic carbocycles. The highest BCUT2D eigenvalue weighted by atomic mass is 32.1. The Hall–Kier alpha value is -2.92. The maximum Gasteiger partial charge on any atom is 0.407 e. The molecule has 128 valence electrons. The molecular formula is C17H16N4O3S. The predicted molar refractivity (Wildman–Crippen MR) is 92.4 cm³/mol. The molecule has 3 rings (SSSR count). The Labute approximate surface area is 148 Å². The molecule has 8 heteroatoms. The minimum Gasteiger partial charge on any atom is -0.465 e. The second-order valence-electron chi connectivity index (χ2n) is 5.64. The fraction of sp³-hybridized carbons (Fsp3) is 0.294. The highest BCUT2D eigenvalue weighted by molar-refractivity contribution is 7.16. The molecule has 0 radical (unpaired) electrons. The van der Waals surface area contributed by atoms with E-state index in [1.165, 1.54) is 16.2 Å². The van der Waals surface area contributed by atoms with Crippen molar-refractivity contribution in [3.05, 3.63) is 46.1 Å². The SMILES string of the molecule is N#Cc1c(NC(=O)CCc2ccccn2)sc2c1CCN(C(=O)O)C2. The lowest BCUT2D eigenvalue weighted by Crippen LogP contribution is -2.34. The minimum atomic E-state index is -0.974. The lowest BCUT2D eigenvalue weighted by atomic mass is 10.0. The molecule has 0 saturated carbocycles. The predicted octanol–water partition coefficient (Wildman–Crippen LogP) is 2.62. The van der Waals surface area contributed by atoms with Crippen LogP contribution in [0.5, 0.6) is 0 Å². The summed E-state index contributed by atoms with van der Waals surface area (Å²) < 4.78 is 0. The van der Waals surface area contributed by atoms with Crippen LogP contribution in [-0.4, -0.2) is 33.5 Å². The summed E-state index contributed by atoms with van der Waals surface area (Å²) in [4.78, 5) is 29.6. The number of carbonyl (C=O) groups excluding carboxylic acids is 1. The number of thiophene rings is 1. The molecule has 0 unspecified atom stereocenters. The van der Waals surface area contributed by atoms with Crippen LogP contribution in [0, 0.1) is 11.3 Å². The third-order valence-corrected chi connectivity index (χ3v) is 5.16. The number of aryl methyl sites for hydroxylation is 1. The quantitative estimate of drug-likeness (QED) is 0.876. The van der Waals surface area contributed by atoms with E-state index < -0.39 is 6.09 Å². The standard InChI is InChI=1S/C17H16N4O3S/c18-9-13-12-6-8-21(17(23)24)10-14(12)25-16(13)20-15(22)5-4-11-3-1-2-7-19-11/h1-3,7H,4-6,8,10H2,(H,20,22)(H,23,24). The topological polar surface area (TPSA) is 106 Å². The molecule has 25 heavy (non-hydrogen) atoms. The van der Waals surface area contributed by atoms with Gasteiger partial charge in [-0.15, -0.1) is 11.3 Å². The van der Waals surface area contributed by atoms with Gasteiger partial charge in [0.05, 0.1) is 12.1 Å². The van der Waals surface area contributed by atoms with Crippen molar-refractivity contribution in [2.24, 2.45) is 0 Å². The molecule has 3 heterocycles. The Bertz CT molecular complexity index is 842. The number of rotatable bonds is 4. The van der Waals surface area contributed by atoms with Gasteiger partial charge in [0.15, 0.2) is 0 Å². The van der Waals surface area contributed by atoms with Crippen molar-refractivity contribution in [2.45, 2.75) is 25.8 Å². The number of nitrogens with one attached hydrogen (secondary N) is 1. The molecule has 1 aliphatic rings. The molecule has 7 nitrogen and oxygen atoms in total. The molecule has 0 bridgehead atoms. The van der Waals surface area contributed by atoms with E-state index in [0.29, 0.717) is 30.0 Å². The number of carbonyl (C=O) groups is 2. The van der Waals surface area contributed by atoms with Crippen LogP contribution in [0.4, 0.5) is 9.80 Å². The van der Waals surface area contributed by atoms with Gasteiger partial charge in [0, 0.05) is 29.7 Å². The highest BCUT2D eigenvalue weighted by Crippen LogP contribution is 2.36. The number of aromatic nitrogens is 1. The Balaban J connectivity index is 1.69. The summed E-state index contributed by atoms with van der Waals surface area (Å²) in [6.45, 7) is 0.620. The van der Waals surface area contributed by atoms with E-state index in [0.717, 1.165) is 16.1 Å². The Morgan fingerprint density at radius 1 is 1.44 bits per heavy atom. The summed E-state index contributed by atoms with van der Waals surface area (Å²) in [5.41, 5.74) is 2.14. The number of anilines is 1. The van der Waals surface area contributed by atoms with Crippen molar-refractivity contribution in [1.29, 1.82) is 5.26 Å². The van der Waals surface area contributed by atoms with E-state index in [2.05, 4.69) is 16.4 Å². The molecule has 0 saturated heterocycles. The first kappa shape index (κ1) is 16.9. The van der Waals surface area contributed by atoms with E-state index in [-0.39, 0.29) is 18.9 Å². The Morgan fingerprint density at radius 3 is 2.96 bits per heavy atom. The van der Waals surface area contributed by atoms with E-state index in [1.54, 1.807) is 6.20 Å². The maximum absolute atomic E-state index is 12.2. The number of carboxylic acid groups (broad SMARTS) is 1. The van der Waals surface area contributed by atoms with Gasteiger partial charge >= 0.3 is 6.09 Å². The molecule has 2 N–H and O–H groups in total. The zero-order chi connectivity index (χ0) is 17.8. The van der Waals surface area contributed by atoms with Gasteiger partial charge in [0.1, 0.15) is 11.1 Å². The van der Waals surface area contributed by atoms with Gasteiger partial charge in [-0.05, 0) is 30.5 Å². The number of hydrogen-bond donors (Lipinski definition) is 2. The smallest absolute Gasteiger partial charge is 0.407 e. The van der Waals surface area contributed by atoms with E-state index >= 15 is 0 Å². The lowest BCUT2D eigenvalue weighted by Gasteiger charge is -2.23. The van der Waals surface area contributed by atoms with Gasteiger partial charge in [-0.2, -0.15) is 5.26 Å². The molecule has 2 aromatic rings. The van der Waals surface area contributed by atoms with Crippen molar-refractivity contribution in [2.75, 3.05) is 11.9 Å². The first-order valence-electron chi connectivity index (χ1n) is 7.80. The summed E-state index contributed by atoms with van der Waals surface area (Å²) >= 11 is 1.28. The van der Waals surface area contributed by atoms with Crippen molar-refractivity contribution in [1.82, 2.24) is 9.88 Å². The number of hydrogen-bond acceptors (Lipinski definition) is 5. The van der Waals surface area contributed by atoms with E-state index in [9.17, 15) is 14.9 Å². The average Bonchev–Trinajstić information content (AvgIpc) is 2.96. The van der Waals surface area contributed by atoms with Crippen LogP contribution in [0.1, 0.15) is 28.1 Å². The molecule has 0 spiro atoms. The van der Waals surface area contributed by atoms with E-state index in [4.69, 9.17) is 5.11 Å². The van der Waals surface area contributed by atoms with Crippen LogP contribution in [0.25, 0.3) is 0 Å². The van der Waals surface area contributed by atoms with Crippen LogP contribution in [0.2, 0.25) is 0 Å². The van der Waals surface area contributed by atoms with Crippen LogP contribution >= 0.6 is 11.3 Å². The second-order valence-corrected chi connectivity index (χ2v) is 6.75. The summed E-state index contributed by atoms with van der Waals surface area (Å²) in [6.07, 6.45) is 1.99. The fourth-order valence-electron chi connectivity index (χ4n) is 2.75. The molecule has 2 amide bonds. The first-order valence-corrected chi connectivity index (χ1v) is 8.62. The van der Waals surface area contributed by atoms with Gasteiger partial charge in [0.25, 0.3) is 0 Å². The zero-order valence-electron chi connectivity index (χ0n) is 13.4. The summed E-state index contributed by atoms with van der Waals surface area (Å²) in [7, 11) is 0. The Morgan fingerprint density at radius 2 is 2.28 bits per heavy atom. The molecule has 1 aliphatic heterocycles. The normalized spacial score (nSPS) is 13.0. The van der Waals surface area contributed by atoms with Gasteiger partial charge in [0.2, 0.25) is 5.91 Å². The second kappa shape index (κ2) is 7.32. The van der Waals surface area contributed by atoms with Crippen LogP contribution in [-0.2, 0) is 24.2 Å². The van der Waals surface area contributed by atoms with Gasteiger partial charge in [-0.25, -0.2) is 4.79 Å². The van der Waals surface area contributed by atoms with E-state index in [1.807, 2.05) is 18.2 Å². The number of nitriles is 1.